The van der Waals surface area contributed by atoms with Gasteiger partial charge in [0.05, 0.1) is 0 Å². The monoisotopic (exact) mass is 417 g/mol. The quantitative estimate of drug-likeness (QED) is 0.314. The van der Waals surface area contributed by atoms with E-state index < -0.39 is 0 Å². The first-order valence-electron chi connectivity index (χ1n) is 12.2. The largest absolute Gasteiger partial charge is 0.345 e. The number of hydrogen-bond acceptors (Lipinski definition) is 1. The highest BCUT2D eigenvalue weighted by molar-refractivity contribution is 5.62. The van der Waals surface area contributed by atoms with Crippen LogP contribution in [0, 0.1) is 6.92 Å². The first kappa shape index (κ1) is 26.5. The Morgan fingerprint density at radius 1 is 0.516 bits per heavy atom. The van der Waals surface area contributed by atoms with Crippen LogP contribution in [-0.4, -0.2) is 7.05 Å². The highest BCUT2D eigenvalue weighted by Crippen LogP contribution is 2.23. The molecule has 31 heavy (non-hydrogen) atoms. The molecule has 0 heterocycles. The Bertz CT molecular complexity index is 788. The third-order valence-electron chi connectivity index (χ3n) is 5.27. The number of rotatable bonds is 9. The van der Waals surface area contributed by atoms with Crippen LogP contribution >= 0.6 is 0 Å². The van der Waals surface area contributed by atoms with E-state index in [0.29, 0.717) is 0 Å². The first-order chi connectivity index (χ1) is 15.2. The summed E-state index contributed by atoms with van der Waals surface area (Å²) in [5.41, 5.74) is 6.72. The molecule has 0 fully saturated rings. The molecule has 168 valence electrons. The third-order valence-corrected chi connectivity index (χ3v) is 5.27. The summed E-state index contributed by atoms with van der Waals surface area (Å²) in [6.45, 7) is 10.1. The van der Waals surface area contributed by atoms with E-state index in [1.807, 2.05) is 27.7 Å². The smallest absolute Gasteiger partial charge is 0.0408 e. The molecular weight excluding hydrogens is 374 g/mol. The summed E-state index contributed by atoms with van der Waals surface area (Å²) in [5.74, 6) is 0. The molecule has 1 nitrogen and oxygen atoms in total. The standard InChI is InChI=1S/C26H31N.2C2H6/c1-22-14-16-23(17-15-22)10-6-3-4-7-11-24-18-20-26(21-19-24)27(2)25-12-8-5-9-13-25;2*1-2/h5,8-9,12-21H,3-4,6-7,10-11H2,1-2H3;2*1-2H3. The van der Waals surface area contributed by atoms with E-state index in [-0.39, 0.29) is 0 Å². The van der Waals surface area contributed by atoms with Gasteiger partial charge in [-0.2, -0.15) is 0 Å². The highest BCUT2D eigenvalue weighted by Gasteiger charge is 2.03. The zero-order chi connectivity index (χ0) is 22.9. The maximum absolute atomic E-state index is 2.28. The predicted octanol–water partition coefficient (Wildman–Crippen LogP) is 9.16. The molecule has 0 N–H and O–H groups in total. The van der Waals surface area contributed by atoms with Crippen LogP contribution in [0.1, 0.15) is 70.1 Å². The van der Waals surface area contributed by atoms with Crippen LogP contribution in [0.15, 0.2) is 78.9 Å². The maximum Gasteiger partial charge on any atom is 0.0408 e. The van der Waals surface area contributed by atoms with Crippen LogP contribution < -0.4 is 4.90 Å². The van der Waals surface area contributed by atoms with Crippen molar-refractivity contribution in [1.82, 2.24) is 0 Å². The maximum atomic E-state index is 2.28. The van der Waals surface area contributed by atoms with Crippen molar-refractivity contribution in [2.45, 2.75) is 73.1 Å². The van der Waals surface area contributed by atoms with Crippen LogP contribution in [0.4, 0.5) is 11.4 Å². The fraction of sp³-hybridized carbons (Fsp3) is 0.400. The Hall–Kier alpha value is -2.54. The molecule has 0 spiro atoms. The zero-order valence-electron chi connectivity index (χ0n) is 20.7. The van der Waals surface area contributed by atoms with Gasteiger partial charge in [-0.25, -0.2) is 0 Å². The van der Waals surface area contributed by atoms with Crippen molar-refractivity contribution in [3.05, 3.63) is 95.6 Å². The second-order valence-electron chi connectivity index (χ2n) is 7.46. The summed E-state index contributed by atoms with van der Waals surface area (Å²) in [5, 5.41) is 0. The fourth-order valence-electron chi connectivity index (χ4n) is 3.45. The fourth-order valence-corrected chi connectivity index (χ4v) is 3.45. The van der Waals surface area contributed by atoms with Gasteiger partial charge in [0.2, 0.25) is 0 Å². The Morgan fingerprint density at radius 2 is 0.935 bits per heavy atom. The van der Waals surface area contributed by atoms with Gasteiger partial charge < -0.3 is 4.90 Å². The van der Waals surface area contributed by atoms with Crippen molar-refractivity contribution < 1.29 is 0 Å². The van der Waals surface area contributed by atoms with Gasteiger partial charge in [0.25, 0.3) is 0 Å². The van der Waals surface area contributed by atoms with Crippen molar-refractivity contribution in [2.24, 2.45) is 0 Å². The molecule has 1 heteroatoms. The minimum Gasteiger partial charge on any atom is -0.345 e. The third kappa shape index (κ3) is 9.87. The summed E-state index contributed by atoms with van der Waals surface area (Å²) >= 11 is 0. The van der Waals surface area contributed by atoms with E-state index in [1.165, 1.54) is 66.6 Å². The Kier molecular flexibility index (Phi) is 13.8. The SMILES string of the molecule is CC.CC.Cc1ccc(CCCCCCc2ccc(N(C)c3ccccc3)cc2)cc1. The van der Waals surface area contributed by atoms with E-state index >= 15 is 0 Å². The lowest BCUT2D eigenvalue weighted by Crippen LogP contribution is -2.08. The van der Waals surface area contributed by atoms with E-state index in [2.05, 4.69) is 97.7 Å². The molecule has 0 aliphatic carbocycles. The number of hydrogen-bond donors (Lipinski definition) is 0. The topological polar surface area (TPSA) is 3.24 Å². The Balaban J connectivity index is 0.00000113. The van der Waals surface area contributed by atoms with Gasteiger partial charge in [-0.1, -0.05) is 101 Å². The van der Waals surface area contributed by atoms with E-state index in [4.69, 9.17) is 0 Å². The van der Waals surface area contributed by atoms with Gasteiger partial charge in [0.1, 0.15) is 0 Å². The van der Waals surface area contributed by atoms with E-state index in [9.17, 15) is 0 Å². The van der Waals surface area contributed by atoms with Gasteiger partial charge >= 0.3 is 0 Å². The molecule has 0 aliphatic heterocycles. The number of para-hydroxylation sites is 1. The van der Waals surface area contributed by atoms with Crippen molar-refractivity contribution in [3.63, 3.8) is 0 Å². The average molecular weight is 418 g/mol. The number of aryl methyl sites for hydroxylation is 3. The molecule has 0 aromatic heterocycles. The molecule has 0 bridgehead atoms. The Labute approximate surface area is 192 Å². The molecular formula is C30H43N. The first-order valence-corrected chi connectivity index (χ1v) is 12.2. The minimum atomic E-state index is 1.18. The molecule has 0 atom stereocenters. The van der Waals surface area contributed by atoms with E-state index in [0.717, 1.165) is 0 Å². The van der Waals surface area contributed by atoms with E-state index in [1.54, 1.807) is 0 Å². The van der Waals surface area contributed by atoms with Crippen molar-refractivity contribution >= 4 is 11.4 Å². The van der Waals surface area contributed by atoms with Crippen LogP contribution in [0.25, 0.3) is 0 Å². The van der Waals surface area contributed by atoms with Crippen LogP contribution in [0.2, 0.25) is 0 Å². The average Bonchev–Trinajstić information content (AvgIpc) is 2.85. The summed E-state index contributed by atoms with van der Waals surface area (Å²) in [4.78, 5) is 2.23. The molecule has 0 saturated heterocycles. The van der Waals surface area contributed by atoms with Crippen molar-refractivity contribution in [2.75, 3.05) is 11.9 Å². The van der Waals surface area contributed by atoms with Gasteiger partial charge in [-0.15, -0.1) is 0 Å². The van der Waals surface area contributed by atoms with Crippen LogP contribution in [0.5, 0.6) is 0 Å². The summed E-state index contributed by atoms with van der Waals surface area (Å²) in [6, 6.07) is 28.5. The lowest BCUT2D eigenvalue weighted by molar-refractivity contribution is 0.640. The van der Waals surface area contributed by atoms with Crippen LogP contribution in [-0.2, 0) is 12.8 Å². The molecule has 0 radical (unpaired) electrons. The lowest BCUT2D eigenvalue weighted by atomic mass is 10.0. The number of benzene rings is 3. The lowest BCUT2D eigenvalue weighted by Gasteiger charge is -2.19. The molecule has 3 aromatic carbocycles. The highest BCUT2D eigenvalue weighted by atomic mass is 15.1. The molecule has 0 unspecified atom stereocenters. The van der Waals surface area contributed by atoms with Crippen molar-refractivity contribution in [3.8, 4) is 0 Å². The number of unbranched alkanes of at least 4 members (excludes halogenated alkanes) is 3. The zero-order valence-corrected chi connectivity index (χ0v) is 20.7. The second-order valence-corrected chi connectivity index (χ2v) is 7.46. The Morgan fingerprint density at radius 3 is 1.42 bits per heavy atom. The molecule has 3 rings (SSSR count). The summed E-state index contributed by atoms with van der Waals surface area (Å²) in [7, 11) is 2.12. The summed E-state index contributed by atoms with van der Waals surface area (Å²) in [6.07, 6.45) is 7.60. The molecule has 0 amide bonds. The second kappa shape index (κ2) is 16.2. The van der Waals surface area contributed by atoms with Gasteiger partial charge in [0, 0.05) is 18.4 Å². The van der Waals surface area contributed by atoms with Gasteiger partial charge in [-0.3, -0.25) is 0 Å². The predicted molar refractivity (Wildman–Crippen MR) is 141 cm³/mol. The van der Waals surface area contributed by atoms with Gasteiger partial charge in [0.15, 0.2) is 0 Å². The number of anilines is 2. The van der Waals surface area contributed by atoms with Gasteiger partial charge in [-0.05, 0) is 68.0 Å². The normalized spacial score (nSPS) is 9.74. The summed E-state index contributed by atoms with van der Waals surface area (Å²) < 4.78 is 0. The number of nitrogens with zero attached hydrogens (tertiary/aromatic N) is 1. The molecule has 0 saturated carbocycles. The molecule has 0 aliphatic rings. The molecule has 3 aromatic rings. The van der Waals surface area contributed by atoms with Crippen molar-refractivity contribution in [1.29, 1.82) is 0 Å². The van der Waals surface area contributed by atoms with Crippen LogP contribution in [0.3, 0.4) is 0 Å². The minimum absolute atomic E-state index is 1.18.